The molecule has 1 saturated heterocycles. The molecule has 1 N–H and O–H groups in total. The van der Waals surface area contributed by atoms with Crippen LogP contribution in [-0.2, 0) is 11.2 Å². The molecule has 4 heterocycles. The SMILES string of the molecule is Cc1cccc(-c2noc(-c3cccnc3N3CCC(C(=O)NCCc4cccs4)CC3)n2)c1. The van der Waals surface area contributed by atoms with E-state index < -0.39 is 0 Å². The van der Waals surface area contributed by atoms with Gasteiger partial charge in [-0.25, -0.2) is 4.98 Å². The maximum absolute atomic E-state index is 12.6. The van der Waals surface area contributed by atoms with Crippen LogP contribution in [0.5, 0.6) is 0 Å². The number of aromatic nitrogens is 3. The summed E-state index contributed by atoms with van der Waals surface area (Å²) in [4.78, 5) is 25.4. The molecule has 0 spiro atoms. The van der Waals surface area contributed by atoms with Crippen molar-refractivity contribution in [2.75, 3.05) is 24.5 Å². The molecule has 5 rings (SSSR count). The maximum atomic E-state index is 12.6. The Labute approximate surface area is 202 Å². The predicted molar refractivity (Wildman–Crippen MR) is 134 cm³/mol. The standard InChI is InChI=1S/C26H27N5O2S/c1-18-5-2-6-20(17-18)23-29-26(33-30-23)22-8-3-12-27-24(22)31-14-10-19(11-15-31)25(32)28-13-9-21-7-4-16-34-21/h2-8,12,16-17,19H,9-11,13-15H2,1H3,(H,28,32). The van der Waals surface area contributed by atoms with Gasteiger partial charge in [-0.3, -0.25) is 4.79 Å². The summed E-state index contributed by atoms with van der Waals surface area (Å²) in [7, 11) is 0. The molecule has 0 atom stereocenters. The first-order valence-electron chi connectivity index (χ1n) is 11.6. The number of benzene rings is 1. The molecule has 1 aliphatic rings. The lowest BCUT2D eigenvalue weighted by Gasteiger charge is -2.32. The smallest absolute Gasteiger partial charge is 0.261 e. The van der Waals surface area contributed by atoms with Crippen LogP contribution >= 0.6 is 11.3 Å². The Hall–Kier alpha value is -3.52. The van der Waals surface area contributed by atoms with Gasteiger partial charge < -0.3 is 14.7 Å². The molecule has 0 radical (unpaired) electrons. The zero-order chi connectivity index (χ0) is 23.3. The van der Waals surface area contributed by atoms with Crippen molar-refractivity contribution in [3.05, 3.63) is 70.5 Å². The van der Waals surface area contributed by atoms with E-state index in [0.717, 1.165) is 54.9 Å². The van der Waals surface area contributed by atoms with Crippen molar-refractivity contribution in [2.24, 2.45) is 5.92 Å². The Morgan fingerprint density at radius 3 is 2.85 bits per heavy atom. The van der Waals surface area contributed by atoms with Gasteiger partial charge in [0.15, 0.2) is 0 Å². The minimum atomic E-state index is 0.0306. The van der Waals surface area contributed by atoms with E-state index in [1.54, 1.807) is 17.5 Å². The number of hydrogen-bond donors (Lipinski definition) is 1. The van der Waals surface area contributed by atoms with Crippen molar-refractivity contribution in [2.45, 2.75) is 26.2 Å². The van der Waals surface area contributed by atoms with Gasteiger partial charge >= 0.3 is 0 Å². The number of pyridine rings is 1. The molecule has 4 aromatic rings. The van der Waals surface area contributed by atoms with Gasteiger partial charge in [0.05, 0.1) is 5.56 Å². The third kappa shape index (κ3) is 5.02. The molecule has 1 aliphatic heterocycles. The summed E-state index contributed by atoms with van der Waals surface area (Å²) < 4.78 is 5.62. The summed E-state index contributed by atoms with van der Waals surface area (Å²) in [6.45, 7) is 4.24. The minimum Gasteiger partial charge on any atom is -0.356 e. The molecule has 8 heteroatoms. The normalized spacial score (nSPS) is 14.3. The Morgan fingerprint density at radius 1 is 1.18 bits per heavy atom. The van der Waals surface area contributed by atoms with Gasteiger partial charge in [0, 0.05) is 42.2 Å². The van der Waals surface area contributed by atoms with Crippen molar-refractivity contribution in [3.63, 3.8) is 0 Å². The number of piperidine rings is 1. The number of nitrogens with one attached hydrogen (secondary N) is 1. The minimum absolute atomic E-state index is 0.0306. The number of hydrogen-bond acceptors (Lipinski definition) is 7. The molecule has 0 saturated carbocycles. The number of carbonyl (C=O) groups is 1. The van der Waals surface area contributed by atoms with Crippen molar-refractivity contribution >= 4 is 23.1 Å². The quantitative estimate of drug-likeness (QED) is 0.417. The Bertz CT molecular complexity index is 1250. The van der Waals surface area contributed by atoms with E-state index in [0.29, 0.717) is 18.3 Å². The average Bonchev–Trinajstić information content (AvgIpc) is 3.57. The van der Waals surface area contributed by atoms with E-state index in [-0.39, 0.29) is 11.8 Å². The largest absolute Gasteiger partial charge is 0.356 e. The van der Waals surface area contributed by atoms with Crippen LogP contribution in [0.2, 0.25) is 0 Å². The third-order valence-corrected chi connectivity index (χ3v) is 7.07. The van der Waals surface area contributed by atoms with E-state index >= 15 is 0 Å². The molecule has 3 aromatic heterocycles. The topological polar surface area (TPSA) is 84.2 Å². The fourth-order valence-corrected chi connectivity index (χ4v) is 5.02. The zero-order valence-electron chi connectivity index (χ0n) is 19.1. The molecule has 174 valence electrons. The second kappa shape index (κ2) is 10.2. The molecule has 0 bridgehead atoms. The van der Waals surface area contributed by atoms with E-state index in [9.17, 15) is 4.79 Å². The molecule has 34 heavy (non-hydrogen) atoms. The van der Waals surface area contributed by atoms with Gasteiger partial charge in [-0.1, -0.05) is 35.0 Å². The van der Waals surface area contributed by atoms with Crippen LogP contribution in [0.3, 0.4) is 0 Å². The lowest BCUT2D eigenvalue weighted by Crippen LogP contribution is -2.41. The molecule has 1 aromatic carbocycles. The highest BCUT2D eigenvalue weighted by Crippen LogP contribution is 2.32. The molecule has 1 amide bonds. The number of nitrogens with zero attached hydrogens (tertiary/aromatic N) is 4. The zero-order valence-corrected chi connectivity index (χ0v) is 19.9. The number of carbonyl (C=O) groups excluding carboxylic acids is 1. The highest BCUT2D eigenvalue weighted by atomic mass is 32.1. The number of amides is 1. The fourth-order valence-electron chi connectivity index (χ4n) is 4.31. The lowest BCUT2D eigenvalue weighted by molar-refractivity contribution is -0.125. The number of aryl methyl sites for hydroxylation is 1. The highest BCUT2D eigenvalue weighted by Gasteiger charge is 2.27. The molecule has 0 aliphatic carbocycles. The highest BCUT2D eigenvalue weighted by molar-refractivity contribution is 7.09. The second-order valence-corrected chi connectivity index (χ2v) is 9.58. The van der Waals surface area contributed by atoms with Crippen LogP contribution < -0.4 is 10.2 Å². The van der Waals surface area contributed by atoms with Crippen LogP contribution in [0.1, 0.15) is 23.3 Å². The predicted octanol–water partition coefficient (Wildman–Crippen LogP) is 4.74. The van der Waals surface area contributed by atoms with Gasteiger partial charge in [-0.05, 0) is 55.8 Å². The molecular formula is C26H27N5O2S. The van der Waals surface area contributed by atoms with Crippen LogP contribution in [0.4, 0.5) is 5.82 Å². The first-order valence-corrected chi connectivity index (χ1v) is 12.5. The summed E-state index contributed by atoms with van der Waals surface area (Å²) in [6, 6.07) is 16.0. The number of rotatable bonds is 7. The first kappa shape index (κ1) is 22.3. The number of anilines is 1. The van der Waals surface area contributed by atoms with E-state index in [2.05, 4.69) is 36.8 Å². The van der Waals surface area contributed by atoms with Crippen molar-refractivity contribution < 1.29 is 9.32 Å². The summed E-state index contributed by atoms with van der Waals surface area (Å²) in [5.41, 5.74) is 2.88. The van der Waals surface area contributed by atoms with Crippen molar-refractivity contribution in [1.29, 1.82) is 0 Å². The van der Waals surface area contributed by atoms with Crippen LogP contribution in [-0.4, -0.2) is 40.7 Å². The monoisotopic (exact) mass is 473 g/mol. The Kier molecular flexibility index (Phi) is 6.67. The van der Waals surface area contributed by atoms with E-state index in [1.807, 2.05) is 49.4 Å². The fraction of sp³-hybridized carbons (Fsp3) is 0.308. The Morgan fingerprint density at radius 2 is 2.06 bits per heavy atom. The van der Waals surface area contributed by atoms with Gasteiger partial charge in [-0.15, -0.1) is 11.3 Å². The first-order chi connectivity index (χ1) is 16.7. The van der Waals surface area contributed by atoms with Crippen molar-refractivity contribution in [1.82, 2.24) is 20.4 Å². The Balaban J connectivity index is 1.23. The molecule has 7 nitrogen and oxygen atoms in total. The van der Waals surface area contributed by atoms with Crippen LogP contribution in [0.15, 0.2) is 64.6 Å². The van der Waals surface area contributed by atoms with Gasteiger partial charge in [0.1, 0.15) is 5.82 Å². The maximum Gasteiger partial charge on any atom is 0.261 e. The van der Waals surface area contributed by atoms with E-state index in [1.165, 1.54) is 4.88 Å². The lowest BCUT2D eigenvalue weighted by atomic mass is 9.95. The second-order valence-electron chi connectivity index (χ2n) is 8.55. The summed E-state index contributed by atoms with van der Waals surface area (Å²) >= 11 is 1.73. The van der Waals surface area contributed by atoms with Crippen molar-refractivity contribution in [3.8, 4) is 22.8 Å². The summed E-state index contributed by atoms with van der Waals surface area (Å²) in [5.74, 6) is 2.01. The molecule has 0 unspecified atom stereocenters. The van der Waals surface area contributed by atoms with Gasteiger partial charge in [0.25, 0.3) is 5.89 Å². The van der Waals surface area contributed by atoms with Gasteiger partial charge in [0.2, 0.25) is 11.7 Å². The van der Waals surface area contributed by atoms with Gasteiger partial charge in [-0.2, -0.15) is 4.98 Å². The molecule has 1 fully saturated rings. The van der Waals surface area contributed by atoms with Crippen LogP contribution in [0.25, 0.3) is 22.8 Å². The van der Waals surface area contributed by atoms with Crippen LogP contribution in [0, 0.1) is 12.8 Å². The molecular weight excluding hydrogens is 446 g/mol. The number of thiophene rings is 1. The summed E-state index contributed by atoms with van der Waals surface area (Å²) in [5, 5.41) is 9.36. The third-order valence-electron chi connectivity index (χ3n) is 6.14. The summed E-state index contributed by atoms with van der Waals surface area (Å²) in [6.07, 6.45) is 4.24. The average molecular weight is 474 g/mol. The van der Waals surface area contributed by atoms with E-state index in [4.69, 9.17) is 4.52 Å².